The predicted molar refractivity (Wildman–Crippen MR) is 95.3 cm³/mol. The molecule has 6 heteroatoms. The molecule has 1 heterocycles. The molecule has 0 unspecified atom stereocenters. The van der Waals surface area contributed by atoms with E-state index < -0.39 is 10.0 Å². The normalized spacial score (nSPS) is 18.0. The maximum absolute atomic E-state index is 12.7. The van der Waals surface area contributed by atoms with Crippen LogP contribution in [0.15, 0.2) is 41.3 Å². The third-order valence-electron chi connectivity index (χ3n) is 4.56. The van der Waals surface area contributed by atoms with Crippen LogP contribution in [-0.2, 0) is 14.8 Å². The Labute approximate surface area is 145 Å². The molecule has 1 aliphatic heterocycles. The Bertz CT molecular complexity index is 687. The van der Waals surface area contributed by atoms with Gasteiger partial charge in [-0.15, -0.1) is 0 Å². The van der Waals surface area contributed by atoms with E-state index in [1.165, 1.54) is 10.4 Å². The highest BCUT2D eigenvalue weighted by Gasteiger charge is 2.29. The molecule has 0 bridgehead atoms. The minimum absolute atomic E-state index is 0.0625. The van der Waals surface area contributed by atoms with Gasteiger partial charge in [-0.25, -0.2) is 8.42 Å². The van der Waals surface area contributed by atoms with Crippen LogP contribution < -0.4 is 0 Å². The van der Waals surface area contributed by atoms with E-state index >= 15 is 0 Å². The van der Waals surface area contributed by atoms with Crippen LogP contribution in [0.2, 0.25) is 0 Å². The van der Waals surface area contributed by atoms with Gasteiger partial charge in [0.15, 0.2) is 0 Å². The molecule has 0 aromatic heterocycles. The first kappa shape index (κ1) is 18.7. The van der Waals surface area contributed by atoms with Crippen molar-refractivity contribution in [1.82, 2.24) is 9.21 Å². The number of piperazine rings is 1. The highest BCUT2D eigenvalue weighted by molar-refractivity contribution is 7.89. The number of allylic oxidation sites excluding steroid dienone is 1. The molecule has 0 radical (unpaired) electrons. The summed E-state index contributed by atoms with van der Waals surface area (Å²) in [7, 11) is -3.50. The minimum Gasteiger partial charge on any atom is -0.337 e. The fraction of sp³-hybridized carbons (Fsp3) is 0.500. The molecule has 1 atom stereocenters. The number of hydrogen-bond donors (Lipinski definition) is 0. The number of amides is 1. The fourth-order valence-corrected chi connectivity index (χ4v) is 4.17. The summed E-state index contributed by atoms with van der Waals surface area (Å²) in [6.45, 7) is 7.55. The number of sulfonamides is 1. The molecule has 1 fully saturated rings. The molecule has 0 spiro atoms. The molecular weight excluding hydrogens is 324 g/mol. The van der Waals surface area contributed by atoms with Crippen LogP contribution in [0.1, 0.15) is 38.7 Å². The van der Waals surface area contributed by atoms with Crippen LogP contribution in [0.25, 0.3) is 0 Å². The first-order valence-electron chi connectivity index (χ1n) is 8.41. The Morgan fingerprint density at radius 1 is 1.17 bits per heavy atom. The van der Waals surface area contributed by atoms with Crippen LogP contribution in [0.4, 0.5) is 0 Å². The highest BCUT2D eigenvalue weighted by Crippen LogP contribution is 2.23. The van der Waals surface area contributed by atoms with Crippen molar-refractivity contribution >= 4 is 15.9 Å². The third kappa shape index (κ3) is 4.05. The lowest BCUT2D eigenvalue weighted by Crippen LogP contribution is -2.50. The Morgan fingerprint density at radius 3 is 2.25 bits per heavy atom. The van der Waals surface area contributed by atoms with Gasteiger partial charge >= 0.3 is 0 Å². The van der Waals surface area contributed by atoms with E-state index in [0.29, 0.717) is 37.0 Å². The summed E-state index contributed by atoms with van der Waals surface area (Å²) in [4.78, 5) is 13.8. The van der Waals surface area contributed by atoms with Gasteiger partial charge in [0.1, 0.15) is 0 Å². The second-order valence-electron chi connectivity index (χ2n) is 6.11. The molecule has 24 heavy (non-hydrogen) atoms. The molecule has 0 saturated carbocycles. The molecule has 0 N–H and O–H groups in total. The van der Waals surface area contributed by atoms with Crippen LogP contribution >= 0.6 is 0 Å². The van der Waals surface area contributed by atoms with Gasteiger partial charge in [-0.05, 0) is 43.0 Å². The molecule has 0 aliphatic carbocycles. The SMILES string of the molecule is C/C=C/C(=O)N1CCN(S(=O)(=O)c2ccc([C@H](C)CC)cc2)CC1. The maximum Gasteiger partial charge on any atom is 0.246 e. The van der Waals surface area contributed by atoms with E-state index in [1.807, 2.05) is 12.1 Å². The standard InChI is InChI=1S/C18H26N2O3S/c1-4-6-18(21)19-11-13-20(14-12-19)24(22,23)17-9-7-16(8-10-17)15(3)5-2/h4,6-10,15H,5,11-14H2,1-3H3/b6-4+/t15-/m1/s1. The first-order valence-corrected chi connectivity index (χ1v) is 9.85. The number of hydrogen-bond acceptors (Lipinski definition) is 3. The molecule has 1 amide bonds. The number of nitrogens with zero attached hydrogens (tertiary/aromatic N) is 2. The minimum atomic E-state index is -3.50. The number of benzene rings is 1. The number of carbonyl (C=O) groups excluding carboxylic acids is 1. The summed E-state index contributed by atoms with van der Waals surface area (Å²) in [5, 5.41) is 0. The molecule has 1 aromatic carbocycles. The second kappa shape index (κ2) is 7.94. The average molecular weight is 350 g/mol. The van der Waals surface area contributed by atoms with Crippen LogP contribution in [0, 0.1) is 0 Å². The molecule has 5 nitrogen and oxygen atoms in total. The summed E-state index contributed by atoms with van der Waals surface area (Å²) in [6, 6.07) is 7.17. The Kier molecular flexibility index (Phi) is 6.18. The summed E-state index contributed by atoms with van der Waals surface area (Å²) in [6.07, 6.45) is 4.23. The van der Waals surface area contributed by atoms with E-state index in [4.69, 9.17) is 0 Å². The van der Waals surface area contributed by atoms with Crippen molar-refractivity contribution < 1.29 is 13.2 Å². The smallest absolute Gasteiger partial charge is 0.246 e. The first-order chi connectivity index (χ1) is 11.4. The Morgan fingerprint density at radius 2 is 1.75 bits per heavy atom. The lowest BCUT2D eigenvalue weighted by Gasteiger charge is -2.33. The number of carbonyl (C=O) groups is 1. The lowest BCUT2D eigenvalue weighted by atomic mass is 9.99. The molecule has 1 saturated heterocycles. The van der Waals surface area contributed by atoms with Crippen molar-refractivity contribution in [1.29, 1.82) is 0 Å². The van der Waals surface area contributed by atoms with E-state index in [1.54, 1.807) is 30.0 Å². The van der Waals surface area contributed by atoms with Gasteiger partial charge in [0.2, 0.25) is 15.9 Å². The van der Waals surface area contributed by atoms with E-state index in [0.717, 1.165) is 12.0 Å². The largest absolute Gasteiger partial charge is 0.337 e. The Hall–Kier alpha value is -1.66. The zero-order valence-electron chi connectivity index (χ0n) is 14.6. The summed E-state index contributed by atoms with van der Waals surface area (Å²) >= 11 is 0. The van der Waals surface area contributed by atoms with Gasteiger partial charge in [0.25, 0.3) is 0 Å². The maximum atomic E-state index is 12.7. The van der Waals surface area contributed by atoms with Crippen molar-refractivity contribution in [2.75, 3.05) is 26.2 Å². The van der Waals surface area contributed by atoms with Gasteiger partial charge in [0, 0.05) is 26.2 Å². The van der Waals surface area contributed by atoms with Crippen molar-refractivity contribution in [2.45, 2.75) is 38.0 Å². The average Bonchev–Trinajstić information content (AvgIpc) is 2.61. The number of rotatable bonds is 5. The van der Waals surface area contributed by atoms with Gasteiger partial charge in [0.05, 0.1) is 4.90 Å². The topological polar surface area (TPSA) is 57.7 Å². The van der Waals surface area contributed by atoms with Crippen molar-refractivity contribution in [3.05, 3.63) is 42.0 Å². The van der Waals surface area contributed by atoms with Crippen molar-refractivity contribution in [3.63, 3.8) is 0 Å². The fourth-order valence-electron chi connectivity index (χ4n) is 2.75. The predicted octanol–water partition coefficient (Wildman–Crippen LogP) is 2.61. The lowest BCUT2D eigenvalue weighted by molar-refractivity contribution is -0.127. The Balaban J connectivity index is 2.07. The molecule has 132 valence electrons. The van der Waals surface area contributed by atoms with Gasteiger partial charge in [-0.1, -0.05) is 32.1 Å². The van der Waals surface area contributed by atoms with E-state index in [9.17, 15) is 13.2 Å². The third-order valence-corrected chi connectivity index (χ3v) is 6.47. The summed E-state index contributed by atoms with van der Waals surface area (Å²) in [5.41, 5.74) is 1.15. The van der Waals surface area contributed by atoms with Crippen LogP contribution in [-0.4, -0.2) is 49.7 Å². The van der Waals surface area contributed by atoms with Crippen molar-refractivity contribution in [3.8, 4) is 0 Å². The van der Waals surface area contributed by atoms with Gasteiger partial charge in [-0.3, -0.25) is 4.79 Å². The van der Waals surface area contributed by atoms with Crippen LogP contribution in [0.3, 0.4) is 0 Å². The van der Waals surface area contributed by atoms with E-state index in [2.05, 4.69) is 13.8 Å². The zero-order chi connectivity index (χ0) is 17.7. The highest BCUT2D eigenvalue weighted by atomic mass is 32.2. The monoisotopic (exact) mass is 350 g/mol. The van der Waals surface area contributed by atoms with E-state index in [-0.39, 0.29) is 5.91 Å². The molecule has 1 aromatic rings. The van der Waals surface area contributed by atoms with Gasteiger partial charge < -0.3 is 4.90 Å². The summed E-state index contributed by atoms with van der Waals surface area (Å²) in [5.74, 6) is 0.357. The molecule has 1 aliphatic rings. The van der Waals surface area contributed by atoms with Crippen LogP contribution in [0.5, 0.6) is 0 Å². The van der Waals surface area contributed by atoms with Crippen molar-refractivity contribution in [2.24, 2.45) is 0 Å². The second-order valence-corrected chi connectivity index (χ2v) is 8.05. The van der Waals surface area contributed by atoms with Gasteiger partial charge in [-0.2, -0.15) is 4.31 Å². The summed E-state index contributed by atoms with van der Waals surface area (Å²) < 4.78 is 27.0. The molecule has 2 rings (SSSR count). The quantitative estimate of drug-likeness (QED) is 0.767. The molecular formula is C18H26N2O3S. The zero-order valence-corrected chi connectivity index (χ0v) is 15.4.